The number of hydrogen-bond acceptors (Lipinski definition) is 10. The number of benzene rings is 1. The molecule has 0 saturated heterocycles. The lowest BCUT2D eigenvalue weighted by Crippen LogP contribution is -2.29. The van der Waals surface area contributed by atoms with E-state index < -0.39 is 37.6 Å². The first kappa shape index (κ1) is 18.2. The van der Waals surface area contributed by atoms with Gasteiger partial charge in [0.25, 0.3) is 17.3 Å². The Bertz CT molecular complexity index is 725. The van der Waals surface area contributed by atoms with Crippen molar-refractivity contribution in [2.75, 3.05) is 13.6 Å². The summed E-state index contributed by atoms with van der Waals surface area (Å²) in [5.41, 5.74) is 2.22. The number of nitrogens with two attached hydrogens (primary N) is 1. The fourth-order valence-corrected chi connectivity index (χ4v) is 1.51. The fourth-order valence-electron chi connectivity index (χ4n) is 1.51. The van der Waals surface area contributed by atoms with Crippen LogP contribution in [0.5, 0.6) is 5.75 Å². The average molecular weight is 342 g/mol. The second-order valence-electron chi connectivity index (χ2n) is 4.32. The summed E-state index contributed by atoms with van der Waals surface area (Å²) >= 11 is 0. The molecule has 24 heavy (non-hydrogen) atoms. The van der Waals surface area contributed by atoms with Gasteiger partial charge in [-0.15, -0.1) is 0 Å². The number of carbonyl (C=O) groups is 1. The molecule has 0 radical (unpaired) electrons. The van der Waals surface area contributed by atoms with Gasteiger partial charge in [0.05, 0.1) is 26.9 Å². The zero-order valence-electron chi connectivity index (χ0n) is 12.0. The van der Waals surface area contributed by atoms with Gasteiger partial charge in [0.1, 0.15) is 6.54 Å². The summed E-state index contributed by atoms with van der Waals surface area (Å²) in [7, 11) is 1.73. The van der Waals surface area contributed by atoms with Crippen LogP contribution in [0, 0.1) is 30.3 Å². The van der Waals surface area contributed by atoms with Crippen molar-refractivity contribution in [3.63, 3.8) is 0 Å². The fraction of sp³-hybridized carbons (Fsp3) is 0.200. The molecule has 2 rings (SSSR count). The normalized spacial score (nSPS) is 13.0. The molecule has 0 fully saturated rings. The summed E-state index contributed by atoms with van der Waals surface area (Å²) in [5, 5.41) is 40.2. The number of aliphatic imine (C=N–C) groups is 1. The van der Waals surface area contributed by atoms with Crippen LogP contribution >= 0.6 is 0 Å². The molecule has 0 atom stereocenters. The Kier molecular flexibility index (Phi) is 5.27. The standard InChI is InChI=1S/C6H3N3O7.C4H7N3O/c10-6-4(8(13)14)1-3(7(11)12)2-5(6)9(15)16;1-7-2-3(8)6-4(7)5/h1-2,10H;2H2,1H3,(H2,5,6,8). The topological polar surface area (TPSA) is 208 Å². The van der Waals surface area contributed by atoms with Crippen molar-refractivity contribution >= 4 is 28.9 Å². The first-order valence-electron chi connectivity index (χ1n) is 5.93. The van der Waals surface area contributed by atoms with E-state index in [4.69, 9.17) is 10.8 Å². The summed E-state index contributed by atoms with van der Waals surface area (Å²) in [6.07, 6.45) is 0. The van der Waals surface area contributed by atoms with Crippen LogP contribution in [0.25, 0.3) is 0 Å². The van der Waals surface area contributed by atoms with Gasteiger partial charge in [-0.3, -0.25) is 35.1 Å². The largest absolute Gasteiger partial charge is 0.497 e. The van der Waals surface area contributed by atoms with Gasteiger partial charge in [0, 0.05) is 7.05 Å². The molecule has 1 heterocycles. The molecule has 1 aromatic carbocycles. The van der Waals surface area contributed by atoms with Crippen molar-refractivity contribution in [3.05, 3.63) is 42.5 Å². The van der Waals surface area contributed by atoms with Gasteiger partial charge in [-0.05, 0) is 0 Å². The Balaban J connectivity index is 0.000000300. The highest BCUT2D eigenvalue weighted by Gasteiger charge is 2.30. The number of likely N-dealkylation sites (N-methyl/N-ethyl adjacent to an activating group) is 1. The Morgan fingerprint density at radius 2 is 1.58 bits per heavy atom. The molecule has 1 aromatic rings. The smallest absolute Gasteiger partial charge is 0.324 e. The minimum absolute atomic E-state index is 0.162. The van der Waals surface area contributed by atoms with Crippen LogP contribution in [0.2, 0.25) is 0 Å². The van der Waals surface area contributed by atoms with Crippen LogP contribution in [-0.2, 0) is 4.79 Å². The van der Waals surface area contributed by atoms with Crippen molar-refractivity contribution in [2.45, 2.75) is 0 Å². The van der Waals surface area contributed by atoms with Crippen LogP contribution in [0.3, 0.4) is 0 Å². The van der Waals surface area contributed by atoms with E-state index in [1.807, 2.05) is 0 Å². The number of rotatable bonds is 3. The molecule has 1 amide bonds. The molecule has 128 valence electrons. The minimum atomic E-state index is -1.21. The average Bonchev–Trinajstić information content (AvgIpc) is 2.75. The highest BCUT2D eigenvalue weighted by atomic mass is 16.6. The zero-order valence-corrected chi connectivity index (χ0v) is 12.0. The number of amides is 1. The molecule has 3 N–H and O–H groups in total. The maximum atomic E-state index is 10.4. The highest BCUT2D eigenvalue weighted by molar-refractivity contribution is 5.99. The number of non-ortho nitro benzene ring substituents is 1. The summed E-state index contributed by atoms with van der Waals surface area (Å²) < 4.78 is 0. The van der Waals surface area contributed by atoms with Crippen LogP contribution < -0.4 is 5.73 Å². The maximum absolute atomic E-state index is 10.4. The van der Waals surface area contributed by atoms with E-state index in [1.54, 1.807) is 11.9 Å². The van der Waals surface area contributed by atoms with Gasteiger partial charge >= 0.3 is 11.4 Å². The van der Waals surface area contributed by atoms with Gasteiger partial charge in [0.15, 0.2) is 5.96 Å². The minimum Gasteiger partial charge on any atom is -0.497 e. The van der Waals surface area contributed by atoms with Gasteiger partial charge < -0.3 is 15.7 Å². The predicted octanol–water partition coefficient (Wildman–Crippen LogP) is -0.110. The molecule has 14 nitrogen and oxygen atoms in total. The maximum Gasteiger partial charge on any atom is 0.324 e. The molecule has 0 bridgehead atoms. The van der Waals surface area contributed by atoms with Gasteiger partial charge in [-0.25, -0.2) is 0 Å². The highest BCUT2D eigenvalue weighted by Crippen LogP contribution is 2.38. The second-order valence-corrected chi connectivity index (χ2v) is 4.32. The van der Waals surface area contributed by atoms with Crippen molar-refractivity contribution in [2.24, 2.45) is 10.7 Å². The summed E-state index contributed by atoms with van der Waals surface area (Å²) in [5.74, 6) is -1.05. The number of aromatic hydroxyl groups is 1. The van der Waals surface area contributed by atoms with Crippen LogP contribution in [0.15, 0.2) is 17.1 Å². The first-order chi connectivity index (χ1) is 11.0. The number of phenols is 1. The Morgan fingerprint density at radius 1 is 1.12 bits per heavy atom. The molecular formula is C10H10N6O8. The zero-order chi connectivity index (χ0) is 18.6. The number of nitro groups is 3. The SMILES string of the molecule is CN1CC(=O)N=C1N.O=[N+]([O-])c1cc([N+](=O)[O-])c(O)c([N+](=O)[O-])c1. The monoisotopic (exact) mass is 342 g/mol. The van der Waals surface area contributed by atoms with Crippen molar-refractivity contribution in [1.29, 1.82) is 0 Å². The Morgan fingerprint density at radius 3 is 1.79 bits per heavy atom. The summed E-state index contributed by atoms with van der Waals surface area (Å²) in [4.78, 5) is 43.2. The Hall–Kier alpha value is -3.84. The van der Waals surface area contributed by atoms with Crippen LogP contribution in [0.1, 0.15) is 0 Å². The van der Waals surface area contributed by atoms with E-state index in [1.165, 1.54) is 0 Å². The molecule has 0 saturated carbocycles. The molecular weight excluding hydrogens is 332 g/mol. The van der Waals surface area contributed by atoms with E-state index >= 15 is 0 Å². The molecule has 0 spiro atoms. The number of nitro benzene ring substituents is 3. The number of guanidine groups is 1. The number of phenolic OH excluding ortho intramolecular Hbond substituents is 1. The number of hydrogen-bond donors (Lipinski definition) is 2. The third kappa shape index (κ3) is 4.09. The molecule has 14 heteroatoms. The number of nitrogens with zero attached hydrogens (tertiary/aromatic N) is 5. The van der Waals surface area contributed by atoms with Crippen molar-refractivity contribution in [3.8, 4) is 5.75 Å². The quantitative estimate of drug-likeness (QED) is 0.549. The third-order valence-electron chi connectivity index (χ3n) is 2.66. The van der Waals surface area contributed by atoms with Crippen molar-refractivity contribution < 1.29 is 24.7 Å². The van der Waals surface area contributed by atoms with E-state index in [2.05, 4.69) is 4.99 Å². The molecule has 1 aliphatic rings. The van der Waals surface area contributed by atoms with E-state index in [9.17, 15) is 35.1 Å². The lowest BCUT2D eigenvalue weighted by Gasteiger charge is -2.05. The van der Waals surface area contributed by atoms with Gasteiger partial charge in [-0.2, -0.15) is 4.99 Å². The second kappa shape index (κ2) is 6.95. The van der Waals surface area contributed by atoms with E-state index in [-0.39, 0.29) is 5.91 Å². The van der Waals surface area contributed by atoms with E-state index in [0.717, 1.165) is 0 Å². The number of carbonyl (C=O) groups excluding carboxylic acids is 1. The van der Waals surface area contributed by atoms with Gasteiger partial charge in [0.2, 0.25) is 0 Å². The van der Waals surface area contributed by atoms with Crippen molar-refractivity contribution in [1.82, 2.24) is 4.90 Å². The first-order valence-corrected chi connectivity index (χ1v) is 5.93. The molecule has 1 aliphatic heterocycles. The van der Waals surface area contributed by atoms with Crippen LogP contribution in [-0.4, -0.2) is 50.2 Å². The summed E-state index contributed by atoms with van der Waals surface area (Å²) in [6.45, 7) is 0.325. The summed E-state index contributed by atoms with van der Waals surface area (Å²) in [6, 6.07) is 0.894. The molecule has 0 aromatic heterocycles. The molecule has 0 aliphatic carbocycles. The third-order valence-corrected chi connectivity index (χ3v) is 2.66. The Labute approximate surface area is 132 Å². The predicted molar refractivity (Wildman–Crippen MR) is 77.3 cm³/mol. The van der Waals surface area contributed by atoms with E-state index in [0.29, 0.717) is 24.6 Å². The lowest BCUT2D eigenvalue weighted by atomic mass is 10.2. The van der Waals surface area contributed by atoms with Gasteiger partial charge in [-0.1, -0.05) is 0 Å². The molecule has 0 unspecified atom stereocenters. The lowest BCUT2D eigenvalue weighted by molar-refractivity contribution is -0.404. The van der Waals surface area contributed by atoms with Crippen LogP contribution in [0.4, 0.5) is 17.1 Å².